The SMILES string of the molecule is CC1(C)CC(c2cn(-c3ccc(Cl)cc3)cn2)CC(C)(C)O1. The molecule has 4 heteroatoms. The highest BCUT2D eigenvalue weighted by atomic mass is 35.5. The zero-order valence-corrected chi connectivity index (χ0v) is 14.4. The maximum absolute atomic E-state index is 6.17. The Morgan fingerprint density at radius 2 is 1.68 bits per heavy atom. The van der Waals surface area contributed by atoms with Crippen molar-refractivity contribution in [1.29, 1.82) is 0 Å². The van der Waals surface area contributed by atoms with E-state index in [4.69, 9.17) is 16.3 Å². The Balaban J connectivity index is 1.85. The van der Waals surface area contributed by atoms with Gasteiger partial charge in [-0.05, 0) is 64.8 Å². The summed E-state index contributed by atoms with van der Waals surface area (Å²) >= 11 is 5.95. The van der Waals surface area contributed by atoms with Crippen LogP contribution in [-0.4, -0.2) is 20.8 Å². The van der Waals surface area contributed by atoms with Crippen LogP contribution in [0.25, 0.3) is 5.69 Å². The van der Waals surface area contributed by atoms with Gasteiger partial charge in [0.15, 0.2) is 0 Å². The van der Waals surface area contributed by atoms with Gasteiger partial charge in [0.1, 0.15) is 0 Å². The van der Waals surface area contributed by atoms with Crippen molar-refractivity contribution in [2.45, 2.75) is 57.7 Å². The largest absolute Gasteiger partial charge is 0.370 e. The Morgan fingerprint density at radius 3 is 2.27 bits per heavy atom. The number of hydrogen-bond donors (Lipinski definition) is 0. The molecule has 1 aromatic carbocycles. The summed E-state index contributed by atoms with van der Waals surface area (Å²) in [6.07, 6.45) is 6.00. The molecular weight excluding hydrogens is 296 g/mol. The molecule has 118 valence electrons. The van der Waals surface area contributed by atoms with Crippen LogP contribution in [0.15, 0.2) is 36.8 Å². The van der Waals surface area contributed by atoms with E-state index in [0.717, 1.165) is 29.2 Å². The van der Waals surface area contributed by atoms with Gasteiger partial charge >= 0.3 is 0 Å². The fraction of sp³-hybridized carbons (Fsp3) is 0.500. The summed E-state index contributed by atoms with van der Waals surface area (Å²) in [6.45, 7) is 8.66. The zero-order chi connectivity index (χ0) is 16.0. The van der Waals surface area contributed by atoms with Crippen molar-refractivity contribution < 1.29 is 4.74 Å². The van der Waals surface area contributed by atoms with E-state index in [-0.39, 0.29) is 11.2 Å². The van der Waals surface area contributed by atoms with Gasteiger partial charge in [0.25, 0.3) is 0 Å². The number of halogens is 1. The predicted octanol–water partition coefficient (Wildman–Crippen LogP) is 4.98. The van der Waals surface area contributed by atoms with E-state index in [9.17, 15) is 0 Å². The Kier molecular flexibility index (Phi) is 3.82. The second kappa shape index (κ2) is 5.39. The van der Waals surface area contributed by atoms with Crippen LogP contribution in [-0.2, 0) is 4.74 Å². The normalized spacial score (nSPS) is 21.0. The third kappa shape index (κ3) is 3.36. The lowest BCUT2D eigenvalue weighted by atomic mass is 9.79. The van der Waals surface area contributed by atoms with E-state index >= 15 is 0 Å². The molecule has 0 aliphatic carbocycles. The molecule has 3 rings (SSSR count). The second-order valence-electron chi connectivity index (χ2n) is 7.41. The Bertz CT molecular complexity index is 642. The molecule has 3 nitrogen and oxygen atoms in total. The van der Waals surface area contributed by atoms with Gasteiger partial charge in [-0.15, -0.1) is 0 Å². The maximum Gasteiger partial charge on any atom is 0.0995 e. The summed E-state index contributed by atoms with van der Waals surface area (Å²) in [6, 6.07) is 7.81. The molecule has 0 atom stereocenters. The summed E-state index contributed by atoms with van der Waals surface area (Å²) in [4.78, 5) is 4.64. The van der Waals surface area contributed by atoms with E-state index < -0.39 is 0 Å². The van der Waals surface area contributed by atoms with Crippen molar-refractivity contribution in [2.75, 3.05) is 0 Å². The van der Waals surface area contributed by atoms with Crippen LogP contribution in [0.3, 0.4) is 0 Å². The molecule has 0 bridgehead atoms. The van der Waals surface area contributed by atoms with E-state index in [1.54, 1.807) is 0 Å². The summed E-state index contributed by atoms with van der Waals surface area (Å²) < 4.78 is 8.22. The van der Waals surface area contributed by atoms with Crippen molar-refractivity contribution in [3.8, 4) is 5.69 Å². The molecule has 0 saturated carbocycles. The smallest absolute Gasteiger partial charge is 0.0995 e. The standard InChI is InChI=1S/C18H23ClN2O/c1-17(2)9-13(10-18(3,4)22-17)16-11-21(12-20-16)15-7-5-14(19)6-8-15/h5-8,11-13H,9-10H2,1-4H3. The molecule has 1 fully saturated rings. The van der Waals surface area contributed by atoms with Crippen molar-refractivity contribution in [3.05, 3.63) is 47.5 Å². The summed E-state index contributed by atoms with van der Waals surface area (Å²) in [5.74, 6) is 0.423. The first-order valence-corrected chi connectivity index (χ1v) is 8.12. The zero-order valence-electron chi connectivity index (χ0n) is 13.6. The van der Waals surface area contributed by atoms with Gasteiger partial charge in [0, 0.05) is 22.8 Å². The number of rotatable bonds is 2. The van der Waals surface area contributed by atoms with E-state index in [1.165, 1.54) is 0 Å². The first-order chi connectivity index (χ1) is 10.2. The lowest BCUT2D eigenvalue weighted by Crippen LogP contribution is -2.44. The van der Waals surface area contributed by atoms with Gasteiger partial charge in [-0.3, -0.25) is 0 Å². The van der Waals surface area contributed by atoms with E-state index in [0.29, 0.717) is 5.92 Å². The predicted molar refractivity (Wildman–Crippen MR) is 89.8 cm³/mol. The Morgan fingerprint density at radius 1 is 1.09 bits per heavy atom. The lowest BCUT2D eigenvalue weighted by Gasteiger charge is -2.45. The van der Waals surface area contributed by atoms with Crippen molar-refractivity contribution in [1.82, 2.24) is 9.55 Å². The van der Waals surface area contributed by atoms with Gasteiger partial charge in [0.2, 0.25) is 0 Å². The number of imidazole rings is 1. The Hall–Kier alpha value is -1.32. The lowest BCUT2D eigenvalue weighted by molar-refractivity contribution is -0.162. The van der Waals surface area contributed by atoms with Crippen LogP contribution in [0.2, 0.25) is 5.02 Å². The van der Waals surface area contributed by atoms with E-state index in [2.05, 4.69) is 43.4 Å². The highest BCUT2D eigenvalue weighted by molar-refractivity contribution is 6.30. The van der Waals surface area contributed by atoms with E-state index in [1.807, 2.05) is 30.6 Å². The molecule has 1 aromatic heterocycles. The molecule has 0 N–H and O–H groups in total. The van der Waals surface area contributed by atoms with Crippen LogP contribution >= 0.6 is 11.6 Å². The molecule has 0 radical (unpaired) electrons. The van der Waals surface area contributed by atoms with Gasteiger partial charge in [-0.25, -0.2) is 4.98 Å². The molecule has 0 spiro atoms. The number of aromatic nitrogens is 2. The number of nitrogens with zero attached hydrogens (tertiary/aromatic N) is 2. The first-order valence-electron chi connectivity index (χ1n) is 7.74. The summed E-state index contributed by atoms with van der Waals surface area (Å²) in [5, 5.41) is 0.747. The Labute approximate surface area is 137 Å². The van der Waals surface area contributed by atoms with Gasteiger partial charge in [-0.1, -0.05) is 11.6 Å². The summed E-state index contributed by atoms with van der Waals surface area (Å²) in [7, 11) is 0. The molecule has 0 unspecified atom stereocenters. The summed E-state index contributed by atoms with van der Waals surface area (Å²) in [5.41, 5.74) is 1.99. The minimum absolute atomic E-state index is 0.115. The third-order valence-electron chi connectivity index (χ3n) is 4.17. The van der Waals surface area contributed by atoms with Crippen LogP contribution in [0.4, 0.5) is 0 Å². The van der Waals surface area contributed by atoms with Gasteiger partial charge in [0.05, 0.1) is 23.2 Å². The van der Waals surface area contributed by atoms with Crippen LogP contribution in [0.1, 0.15) is 52.1 Å². The van der Waals surface area contributed by atoms with Crippen LogP contribution < -0.4 is 0 Å². The molecular formula is C18H23ClN2O. The highest BCUT2D eigenvalue weighted by Gasteiger charge is 2.40. The number of hydrogen-bond acceptors (Lipinski definition) is 2. The molecule has 1 aliphatic heterocycles. The average molecular weight is 319 g/mol. The minimum atomic E-state index is -0.115. The van der Waals surface area contributed by atoms with Crippen molar-refractivity contribution in [2.24, 2.45) is 0 Å². The molecule has 0 amide bonds. The van der Waals surface area contributed by atoms with Crippen molar-refractivity contribution >= 4 is 11.6 Å². The topological polar surface area (TPSA) is 27.1 Å². The molecule has 2 aromatic rings. The second-order valence-corrected chi connectivity index (χ2v) is 7.85. The number of benzene rings is 1. The molecule has 1 aliphatic rings. The van der Waals surface area contributed by atoms with Crippen molar-refractivity contribution in [3.63, 3.8) is 0 Å². The fourth-order valence-electron chi connectivity index (χ4n) is 3.60. The first kappa shape index (κ1) is 15.6. The molecule has 2 heterocycles. The van der Waals surface area contributed by atoms with Crippen LogP contribution in [0, 0.1) is 0 Å². The molecule has 22 heavy (non-hydrogen) atoms. The average Bonchev–Trinajstić information content (AvgIpc) is 2.85. The quantitative estimate of drug-likeness (QED) is 0.781. The number of ether oxygens (including phenoxy) is 1. The van der Waals surface area contributed by atoms with Gasteiger partial charge in [-0.2, -0.15) is 0 Å². The monoisotopic (exact) mass is 318 g/mol. The maximum atomic E-state index is 6.17. The molecule has 1 saturated heterocycles. The third-order valence-corrected chi connectivity index (χ3v) is 4.43. The highest BCUT2D eigenvalue weighted by Crippen LogP contribution is 2.42. The fourth-order valence-corrected chi connectivity index (χ4v) is 3.73. The minimum Gasteiger partial charge on any atom is -0.370 e. The van der Waals surface area contributed by atoms with Crippen LogP contribution in [0.5, 0.6) is 0 Å². The van der Waals surface area contributed by atoms with Gasteiger partial charge < -0.3 is 9.30 Å².